The molecule has 0 radical (unpaired) electrons. The van der Waals surface area contributed by atoms with Crippen LogP contribution in [-0.2, 0) is 6.54 Å². The Hall–Kier alpha value is -2.05. The lowest BCUT2D eigenvalue weighted by Gasteiger charge is -2.33. The van der Waals surface area contributed by atoms with Crippen molar-refractivity contribution in [2.24, 2.45) is 5.92 Å². The van der Waals surface area contributed by atoms with Crippen LogP contribution in [-0.4, -0.2) is 37.8 Å². The molecule has 3 heterocycles. The van der Waals surface area contributed by atoms with Gasteiger partial charge in [0.1, 0.15) is 18.5 Å². The van der Waals surface area contributed by atoms with Crippen molar-refractivity contribution in [3.63, 3.8) is 0 Å². The fourth-order valence-corrected chi connectivity index (χ4v) is 2.81. The fourth-order valence-electron chi connectivity index (χ4n) is 2.81. The molecule has 1 aliphatic heterocycles. The van der Waals surface area contributed by atoms with Gasteiger partial charge in [-0.15, -0.1) is 0 Å². The summed E-state index contributed by atoms with van der Waals surface area (Å²) in [6.07, 6.45) is 5.29. The molecule has 112 valence electrons. The van der Waals surface area contributed by atoms with Crippen LogP contribution < -0.4 is 4.90 Å². The quantitative estimate of drug-likeness (QED) is 0.861. The first-order valence-corrected chi connectivity index (χ1v) is 7.21. The number of anilines is 1. The Bertz CT molecular complexity index is 604. The summed E-state index contributed by atoms with van der Waals surface area (Å²) in [7, 11) is 0. The highest BCUT2D eigenvalue weighted by Gasteiger charge is 2.24. The first kappa shape index (κ1) is 13.9. The molecule has 0 aliphatic carbocycles. The number of hydrogen-bond donors (Lipinski definition) is 0. The monoisotopic (exact) mass is 290 g/mol. The third-order valence-electron chi connectivity index (χ3n) is 3.94. The van der Waals surface area contributed by atoms with Crippen molar-refractivity contribution in [2.75, 3.05) is 18.0 Å². The Morgan fingerprint density at radius 1 is 1.24 bits per heavy atom. The SMILES string of the molecule is Cc1nc(C)c(F)c(N2CCC(Cn3cncn3)CC2)n1. The van der Waals surface area contributed by atoms with Crippen LogP contribution in [0, 0.1) is 25.6 Å². The first-order chi connectivity index (χ1) is 10.1. The largest absolute Gasteiger partial charge is 0.354 e. The van der Waals surface area contributed by atoms with Gasteiger partial charge in [-0.2, -0.15) is 5.10 Å². The molecule has 0 aromatic carbocycles. The average Bonchev–Trinajstić information content (AvgIpc) is 2.97. The summed E-state index contributed by atoms with van der Waals surface area (Å²) < 4.78 is 16.0. The van der Waals surface area contributed by atoms with Crippen LogP contribution in [0.25, 0.3) is 0 Å². The number of aryl methyl sites for hydroxylation is 2. The van der Waals surface area contributed by atoms with Gasteiger partial charge in [-0.05, 0) is 32.6 Å². The van der Waals surface area contributed by atoms with E-state index in [0.29, 0.717) is 23.3 Å². The smallest absolute Gasteiger partial charge is 0.186 e. The molecule has 7 heteroatoms. The molecule has 1 aliphatic rings. The Balaban J connectivity index is 1.66. The highest BCUT2D eigenvalue weighted by molar-refractivity contribution is 5.42. The van der Waals surface area contributed by atoms with Crippen LogP contribution in [0.2, 0.25) is 0 Å². The van der Waals surface area contributed by atoms with Crippen LogP contribution in [0.4, 0.5) is 10.2 Å². The van der Waals surface area contributed by atoms with Crippen molar-refractivity contribution in [1.82, 2.24) is 24.7 Å². The van der Waals surface area contributed by atoms with Crippen molar-refractivity contribution < 1.29 is 4.39 Å². The van der Waals surface area contributed by atoms with Crippen molar-refractivity contribution in [3.8, 4) is 0 Å². The summed E-state index contributed by atoms with van der Waals surface area (Å²) in [6, 6.07) is 0. The molecule has 21 heavy (non-hydrogen) atoms. The zero-order valence-corrected chi connectivity index (χ0v) is 12.3. The Kier molecular flexibility index (Phi) is 3.81. The van der Waals surface area contributed by atoms with Gasteiger partial charge in [-0.3, -0.25) is 4.68 Å². The maximum Gasteiger partial charge on any atom is 0.186 e. The van der Waals surface area contributed by atoms with Crippen molar-refractivity contribution >= 4 is 5.82 Å². The predicted octanol–water partition coefficient (Wildman–Crippen LogP) is 1.74. The molecule has 1 saturated heterocycles. The molecule has 0 N–H and O–H groups in total. The maximum atomic E-state index is 14.2. The van der Waals surface area contributed by atoms with Gasteiger partial charge in [0.15, 0.2) is 11.6 Å². The minimum atomic E-state index is -0.296. The molecule has 0 spiro atoms. The lowest BCUT2D eigenvalue weighted by molar-refractivity contribution is 0.339. The number of nitrogens with zero attached hydrogens (tertiary/aromatic N) is 6. The van der Waals surface area contributed by atoms with Gasteiger partial charge in [-0.25, -0.2) is 19.3 Å². The van der Waals surface area contributed by atoms with E-state index >= 15 is 0 Å². The highest BCUT2D eigenvalue weighted by atomic mass is 19.1. The van der Waals surface area contributed by atoms with Crippen LogP contribution in [0.3, 0.4) is 0 Å². The molecule has 1 fully saturated rings. The second kappa shape index (κ2) is 5.75. The second-order valence-electron chi connectivity index (χ2n) is 5.54. The molecule has 2 aromatic rings. The third-order valence-corrected chi connectivity index (χ3v) is 3.94. The van der Waals surface area contributed by atoms with E-state index in [4.69, 9.17) is 0 Å². The van der Waals surface area contributed by atoms with Crippen LogP contribution in [0.1, 0.15) is 24.4 Å². The van der Waals surface area contributed by atoms with Gasteiger partial charge in [0.25, 0.3) is 0 Å². The van der Waals surface area contributed by atoms with E-state index < -0.39 is 0 Å². The molecule has 0 saturated carbocycles. The third kappa shape index (κ3) is 3.01. The molecular formula is C14H19FN6. The average molecular weight is 290 g/mol. The lowest BCUT2D eigenvalue weighted by Crippen LogP contribution is -2.36. The zero-order chi connectivity index (χ0) is 14.8. The standard InChI is InChI=1S/C14H19FN6/c1-10-13(15)14(19-11(2)18-10)20-5-3-12(4-6-20)7-21-9-16-8-17-21/h8-9,12H,3-7H2,1-2H3. The number of hydrogen-bond acceptors (Lipinski definition) is 5. The van der Waals surface area contributed by atoms with Gasteiger partial charge in [0.05, 0.1) is 5.69 Å². The normalized spacial score (nSPS) is 16.4. The van der Waals surface area contributed by atoms with Gasteiger partial charge in [0, 0.05) is 19.6 Å². The lowest BCUT2D eigenvalue weighted by atomic mass is 9.97. The van der Waals surface area contributed by atoms with Crippen molar-refractivity contribution in [3.05, 3.63) is 30.0 Å². The Morgan fingerprint density at radius 3 is 2.67 bits per heavy atom. The second-order valence-corrected chi connectivity index (χ2v) is 5.54. The fraction of sp³-hybridized carbons (Fsp3) is 0.571. The topological polar surface area (TPSA) is 59.7 Å². The molecular weight excluding hydrogens is 271 g/mol. The summed E-state index contributed by atoms with van der Waals surface area (Å²) in [5.41, 5.74) is 0.419. The van der Waals surface area contributed by atoms with E-state index in [-0.39, 0.29) is 5.82 Å². The molecule has 3 rings (SSSR count). The number of halogens is 1. The van der Waals surface area contributed by atoms with E-state index in [2.05, 4.69) is 20.1 Å². The highest BCUT2D eigenvalue weighted by Crippen LogP contribution is 2.25. The molecule has 0 amide bonds. The number of aromatic nitrogens is 5. The molecule has 6 nitrogen and oxygen atoms in total. The summed E-state index contributed by atoms with van der Waals surface area (Å²) in [4.78, 5) is 14.3. The molecule has 0 atom stereocenters. The molecule has 0 bridgehead atoms. The molecule has 0 unspecified atom stereocenters. The minimum Gasteiger partial charge on any atom is -0.354 e. The summed E-state index contributed by atoms with van der Waals surface area (Å²) >= 11 is 0. The number of piperidine rings is 1. The van der Waals surface area contributed by atoms with E-state index in [1.54, 1.807) is 26.5 Å². The van der Waals surface area contributed by atoms with Gasteiger partial charge in [-0.1, -0.05) is 0 Å². The van der Waals surface area contributed by atoms with E-state index in [1.165, 1.54) is 0 Å². The van der Waals surface area contributed by atoms with Crippen LogP contribution in [0.15, 0.2) is 12.7 Å². The van der Waals surface area contributed by atoms with Gasteiger partial charge < -0.3 is 4.90 Å². The van der Waals surface area contributed by atoms with Crippen molar-refractivity contribution in [2.45, 2.75) is 33.2 Å². The van der Waals surface area contributed by atoms with Gasteiger partial charge in [0.2, 0.25) is 0 Å². The van der Waals surface area contributed by atoms with Crippen LogP contribution >= 0.6 is 0 Å². The first-order valence-electron chi connectivity index (χ1n) is 7.21. The zero-order valence-electron chi connectivity index (χ0n) is 12.3. The van der Waals surface area contributed by atoms with E-state index in [1.807, 2.05) is 9.58 Å². The van der Waals surface area contributed by atoms with E-state index in [0.717, 1.165) is 32.5 Å². The summed E-state index contributed by atoms with van der Waals surface area (Å²) in [5.74, 6) is 1.32. The Morgan fingerprint density at radius 2 is 2.00 bits per heavy atom. The van der Waals surface area contributed by atoms with Gasteiger partial charge >= 0.3 is 0 Å². The summed E-state index contributed by atoms with van der Waals surface area (Å²) in [6.45, 7) is 5.98. The minimum absolute atomic E-state index is 0.296. The predicted molar refractivity (Wildman–Crippen MR) is 76.4 cm³/mol. The van der Waals surface area contributed by atoms with Crippen molar-refractivity contribution in [1.29, 1.82) is 0 Å². The van der Waals surface area contributed by atoms with Crippen LogP contribution in [0.5, 0.6) is 0 Å². The Labute approximate surface area is 123 Å². The molecule has 2 aromatic heterocycles. The van der Waals surface area contributed by atoms with E-state index in [9.17, 15) is 4.39 Å². The number of rotatable bonds is 3. The summed E-state index contributed by atoms with van der Waals surface area (Å²) in [5, 5.41) is 4.14. The maximum absolute atomic E-state index is 14.2.